The molecule has 0 spiro atoms. The molecular weight excluding hydrogens is 327 g/mol. The van der Waals surface area contributed by atoms with Crippen LogP contribution >= 0.6 is 11.6 Å². The second-order valence-electron chi connectivity index (χ2n) is 5.49. The minimum absolute atomic E-state index is 0.162. The summed E-state index contributed by atoms with van der Waals surface area (Å²) in [7, 11) is 0. The van der Waals surface area contributed by atoms with Crippen LogP contribution in [0.4, 0.5) is 9.18 Å². The fraction of sp³-hybridized carbons (Fsp3) is 0.333. The van der Waals surface area contributed by atoms with Crippen LogP contribution in [-0.2, 0) is 0 Å². The third-order valence-electron chi connectivity index (χ3n) is 4.11. The van der Waals surface area contributed by atoms with Crippen LogP contribution in [0.5, 0.6) is 0 Å². The fourth-order valence-electron chi connectivity index (χ4n) is 3.02. The first-order valence-electron chi connectivity index (χ1n) is 7.08. The minimum Gasteiger partial charge on any atom is -0.465 e. The predicted molar refractivity (Wildman–Crippen MR) is 80.2 cm³/mol. The van der Waals surface area contributed by atoms with Gasteiger partial charge in [0.2, 0.25) is 0 Å². The molecular formula is C15H14ClFN2O4. The molecule has 0 saturated carbocycles. The molecule has 0 bridgehead atoms. The van der Waals surface area contributed by atoms with E-state index in [-0.39, 0.29) is 28.6 Å². The second-order valence-corrected chi connectivity index (χ2v) is 5.93. The van der Waals surface area contributed by atoms with Crippen molar-refractivity contribution in [2.45, 2.75) is 24.8 Å². The van der Waals surface area contributed by atoms with Gasteiger partial charge in [-0.2, -0.15) is 5.16 Å². The van der Waals surface area contributed by atoms with E-state index in [1.165, 1.54) is 23.1 Å². The van der Waals surface area contributed by atoms with Crippen LogP contribution < -0.4 is 5.56 Å². The number of likely N-dealkylation sites (tertiary alicyclic amines) is 1. The van der Waals surface area contributed by atoms with E-state index >= 15 is 0 Å². The number of aromatic amines is 1. The number of benzene rings is 1. The summed E-state index contributed by atoms with van der Waals surface area (Å²) in [6.45, 7) is 0.224. The number of hydrogen-bond acceptors (Lipinski definition) is 3. The SMILES string of the molecule is O=C(O)N1CCC(c2cc(=O)[nH]o2)CC1c1ccc(Cl)cc1F. The molecule has 23 heavy (non-hydrogen) atoms. The summed E-state index contributed by atoms with van der Waals surface area (Å²) in [5.41, 5.74) is -0.0886. The monoisotopic (exact) mass is 340 g/mol. The highest BCUT2D eigenvalue weighted by atomic mass is 35.5. The summed E-state index contributed by atoms with van der Waals surface area (Å²) in [6.07, 6.45) is -0.289. The predicted octanol–water partition coefficient (Wildman–Crippen LogP) is 3.36. The first kappa shape index (κ1) is 15.6. The topological polar surface area (TPSA) is 86.5 Å². The minimum atomic E-state index is -1.11. The van der Waals surface area contributed by atoms with Gasteiger partial charge in [-0.25, -0.2) is 9.18 Å². The molecule has 2 unspecified atom stereocenters. The van der Waals surface area contributed by atoms with Crippen LogP contribution in [0.3, 0.4) is 0 Å². The number of halogens is 2. The van der Waals surface area contributed by atoms with Crippen LogP contribution in [0.15, 0.2) is 33.6 Å². The van der Waals surface area contributed by atoms with Crippen molar-refractivity contribution in [1.29, 1.82) is 0 Å². The zero-order valence-corrected chi connectivity index (χ0v) is 12.7. The Labute approximate surface area is 135 Å². The summed E-state index contributed by atoms with van der Waals surface area (Å²) in [5, 5.41) is 11.8. The van der Waals surface area contributed by atoms with E-state index in [9.17, 15) is 19.1 Å². The average molecular weight is 341 g/mol. The molecule has 1 aromatic heterocycles. The first-order valence-corrected chi connectivity index (χ1v) is 7.46. The number of aromatic nitrogens is 1. The van der Waals surface area contributed by atoms with Gasteiger partial charge in [-0.15, -0.1) is 0 Å². The number of hydrogen-bond donors (Lipinski definition) is 2. The third-order valence-corrected chi connectivity index (χ3v) is 4.35. The largest absolute Gasteiger partial charge is 0.465 e. The van der Waals surface area contributed by atoms with Crippen molar-refractivity contribution in [2.24, 2.45) is 0 Å². The van der Waals surface area contributed by atoms with Crippen molar-refractivity contribution in [3.05, 3.63) is 56.8 Å². The maximum atomic E-state index is 14.2. The summed E-state index contributed by atoms with van der Waals surface area (Å²) < 4.78 is 19.3. The lowest BCUT2D eigenvalue weighted by Crippen LogP contribution is -2.40. The third kappa shape index (κ3) is 3.10. The zero-order valence-electron chi connectivity index (χ0n) is 12.0. The van der Waals surface area contributed by atoms with Crippen molar-refractivity contribution in [1.82, 2.24) is 10.1 Å². The number of rotatable bonds is 2. The van der Waals surface area contributed by atoms with Crippen molar-refractivity contribution >= 4 is 17.7 Å². The van der Waals surface area contributed by atoms with Gasteiger partial charge in [0.15, 0.2) is 0 Å². The molecule has 6 nitrogen and oxygen atoms in total. The summed E-state index contributed by atoms with van der Waals surface area (Å²) in [6, 6.07) is 4.87. The summed E-state index contributed by atoms with van der Waals surface area (Å²) >= 11 is 5.76. The number of nitrogens with one attached hydrogen (secondary N) is 1. The number of carbonyl (C=O) groups is 1. The molecule has 2 aromatic rings. The fourth-order valence-corrected chi connectivity index (χ4v) is 3.18. The Morgan fingerprint density at radius 2 is 2.22 bits per heavy atom. The van der Waals surface area contributed by atoms with Crippen LogP contribution in [0.25, 0.3) is 0 Å². The lowest BCUT2D eigenvalue weighted by atomic mass is 9.85. The molecule has 1 saturated heterocycles. The van der Waals surface area contributed by atoms with Gasteiger partial charge in [0.05, 0.1) is 6.04 Å². The highest BCUT2D eigenvalue weighted by molar-refractivity contribution is 6.30. The van der Waals surface area contributed by atoms with E-state index in [1.807, 2.05) is 0 Å². The Hall–Kier alpha value is -2.28. The Morgan fingerprint density at radius 3 is 2.83 bits per heavy atom. The lowest BCUT2D eigenvalue weighted by molar-refractivity contribution is 0.0955. The molecule has 3 rings (SSSR count). The molecule has 0 aliphatic carbocycles. The molecule has 1 aliphatic heterocycles. The van der Waals surface area contributed by atoms with Gasteiger partial charge in [-0.05, 0) is 25.0 Å². The Kier molecular flexibility index (Phi) is 4.12. The Morgan fingerprint density at radius 1 is 1.43 bits per heavy atom. The van der Waals surface area contributed by atoms with E-state index in [0.717, 1.165) is 6.07 Å². The van der Waals surface area contributed by atoms with E-state index in [4.69, 9.17) is 16.1 Å². The smallest absolute Gasteiger partial charge is 0.407 e. The molecule has 0 radical (unpaired) electrons. The van der Waals surface area contributed by atoms with Gasteiger partial charge < -0.3 is 14.5 Å². The van der Waals surface area contributed by atoms with Crippen LogP contribution in [0.2, 0.25) is 5.02 Å². The number of carboxylic acid groups (broad SMARTS) is 1. The lowest BCUT2D eigenvalue weighted by Gasteiger charge is -2.37. The highest BCUT2D eigenvalue weighted by Gasteiger charge is 2.36. The van der Waals surface area contributed by atoms with Crippen molar-refractivity contribution in [2.75, 3.05) is 6.54 Å². The van der Waals surface area contributed by atoms with Crippen LogP contribution in [0.1, 0.15) is 36.1 Å². The molecule has 1 aromatic carbocycles. The van der Waals surface area contributed by atoms with Crippen LogP contribution in [0, 0.1) is 5.82 Å². The van der Waals surface area contributed by atoms with Gasteiger partial charge in [0.1, 0.15) is 11.6 Å². The van der Waals surface area contributed by atoms with E-state index in [0.29, 0.717) is 18.6 Å². The molecule has 1 aliphatic rings. The van der Waals surface area contributed by atoms with Gasteiger partial charge in [-0.1, -0.05) is 17.7 Å². The highest BCUT2D eigenvalue weighted by Crippen LogP contribution is 2.40. The molecule has 1 amide bonds. The standard InChI is InChI=1S/C15H14ClFN2O4/c16-9-1-2-10(11(17)6-9)12-5-8(3-4-19(12)15(21)22)13-7-14(20)18-23-13/h1-2,6-8,12H,3-5H2,(H,18,20)(H,21,22). The number of H-pyrrole nitrogens is 1. The molecule has 2 heterocycles. The molecule has 2 N–H and O–H groups in total. The number of amides is 1. The van der Waals surface area contributed by atoms with Crippen molar-refractivity contribution in [3.8, 4) is 0 Å². The van der Waals surface area contributed by atoms with Gasteiger partial charge in [-0.3, -0.25) is 4.79 Å². The summed E-state index contributed by atoms with van der Waals surface area (Å²) in [4.78, 5) is 23.9. The van der Waals surface area contributed by atoms with Gasteiger partial charge in [0.25, 0.3) is 5.56 Å². The van der Waals surface area contributed by atoms with Crippen molar-refractivity contribution < 1.29 is 18.8 Å². The van der Waals surface area contributed by atoms with Crippen molar-refractivity contribution in [3.63, 3.8) is 0 Å². The van der Waals surface area contributed by atoms with E-state index in [1.54, 1.807) is 0 Å². The van der Waals surface area contributed by atoms with Crippen LogP contribution in [-0.4, -0.2) is 27.8 Å². The van der Waals surface area contributed by atoms with E-state index < -0.39 is 18.0 Å². The molecule has 1 fully saturated rings. The van der Waals surface area contributed by atoms with Gasteiger partial charge >= 0.3 is 6.09 Å². The second kappa shape index (κ2) is 6.08. The molecule has 122 valence electrons. The van der Waals surface area contributed by atoms with Gasteiger partial charge in [0, 0.05) is 29.1 Å². The Balaban J connectivity index is 1.94. The zero-order chi connectivity index (χ0) is 16.6. The Bertz CT molecular complexity index is 788. The summed E-state index contributed by atoms with van der Waals surface area (Å²) in [5.74, 6) is -0.256. The van der Waals surface area contributed by atoms with E-state index in [2.05, 4.69) is 5.16 Å². The maximum Gasteiger partial charge on any atom is 0.407 e. The average Bonchev–Trinajstić information content (AvgIpc) is 2.93. The number of nitrogens with zero attached hydrogens (tertiary/aromatic N) is 1. The number of piperidine rings is 1. The molecule has 2 atom stereocenters. The quantitative estimate of drug-likeness (QED) is 0.877. The maximum absolute atomic E-state index is 14.2. The first-order chi connectivity index (χ1) is 11.0. The normalized spacial score (nSPS) is 21.4. The molecule has 8 heteroatoms.